The zero-order valence-electron chi connectivity index (χ0n) is 13.1. The van der Waals surface area contributed by atoms with Gasteiger partial charge in [-0.1, -0.05) is 23.2 Å². The van der Waals surface area contributed by atoms with Gasteiger partial charge in [-0.25, -0.2) is 9.48 Å². The first kappa shape index (κ1) is 17.2. The van der Waals surface area contributed by atoms with Crippen LogP contribution in [0.5, 0.6) is 0 Å². The number of aromatic nitrogens is 4. The van der Waals surface area contributed by atoms with Crippen molar-refractivity contribution in [2.24, 2.45) is 0 Å². The molecule has 0 fully saturated rings. The van der Waals surface area contributed by atoms with Crippen LogP contribution in [-0.2, 0) is 4.74 Å². The molecule has 2 aromatic heterocycles. The number of rotatable bonds is 5. The quantitative estimate of drug-likeness (QED) is 0.536. The second kappa shape index (κ2) is 7.50. The van der Waals surface area contributed by atoms with Crippen LogP contribution in [0.4, 0.5) is 11.5 Å². The predicted molar refractivity (Wildman–Crippen MR) is 94.9 cm³/mol. The molecule has 0 aliphatic carbocycles. The van der Waals surface area contributed by atoms with E-state index in [4.69, 9.17) is 27.9 Å². The van der Waals surface area contributed by atoms with E-state index in [0.29, 0.717) is 10.8 Å². The maximum absolute atomic E-state index is 11.7. The third-order valence-corrected chi connectivity index (χ3v) is 3.52. The van der Waals surface area contributed by atoms with E-state index in [9.17, 15) is 4.79 Å². The van der Waals surface area contributed by atoms with Crippen molar-refractivity contribution in [3.63, 3.8) is 0 Å². The fourth-order valence-corrected chi connectivity index (χ4v) is 2.31. The molecule has 9 heteroatoms. The highest BCUT2D eigenvalue weighted by Crippen LogP contribution is 2.20. The maximum atomic E-state index is 11.7. The second-order valence-electron chi connectivity index (χ2n) is 4.87. The van der Waals surface area contributed by atoms with E-state index in [0.717, 1.165) is 5.69 Å². The Morgan fingerprint density at radius 2 is 1.96 bits per heavy atom. The molecule has 128 valence electrons. The van der Waals surface area contributed by atoms with Crippen LogP contribution in [-0.4, -0.2) is 32.3 Å². The van der Waals surface area contributed by atoms with Crippen LogP contribution in [0.25, 0.3) is 5.95 Å². The zero-order chi connectivity index (χ0) is 17.8. The van der Waals surface area contributed by atoms with Gasteiger partial charge in [-0.2, -0.15) is 15.1 Å². The Kier molecular flexibility index (Phi) is 5.16. The van der Waals surface area contributed by atoms with Gasteiger partial charge < -0.3 is 10.1 Å². The number of hydrogen-bond acceptors (Lipinski definition) is 6. The van der Waals surface area contributed by atoms with Gasteiger partial charge in [0.1, 0.15) is 11.0 Å². The summed E-state index contributed by atoms with van der Waals surface area (Å²) in [5.74, 6) is 0.188. The number of ether oxygens (including phenoxy) is 1. The summed E-state index contributed by atoms with van der Waals surface area (Å²) >= 11 is 11.9. The lowest BCUT2D eigenvalue weighted by Gasteiger charge is -2.08. The zero-order valence-corrected chi connectivity index (χ0v) is 14.6. The van der Waals surface area contributed by atoms with Gasteiger partial charge in [0.15, 0.2) is 5.69 Å². The molecule has 3 aromatic rings. The Labute approximate surface area is 153 Å². The van der Waals surface area contributed by atoms with E-state index in [2.05, 4.69) is 20.4 Å². The van der Waals surface area contributed by atoms with Crippen LogP contribution in [0.3, 0.4) is 0 Å². The van der Waals surface area contributed by atoms with Gasteiger partial charge in [-0.3, -0.25) is 0 Å². The number of esters is 1. The van der Waals surface area contributed by atoms with E-state index < -0.39 is 5.97 Å². The summed E-state index contributed by atoms with van der Waals surface area (Å²) < 4.78 is 6.26. The number of carbonyl (C=O) groups excluding carboxylic acids is 1. The van der Waals surface area contributed by atoms with Crippen molar-refractivity contribution < 1.29 is 9.53 Å². The number of carbonyl (C=O) groups is 1. The lowest BCUT2D eigenvalue weighted by molar-refractivity contribution is 0.0519. The lowest BCUT2D eigenvalue weighted by Crippen LogP contribution is -2.08. The number of benzene rings is 1. The first-order chi connectivity index (χ1) is 12.0. The molecular weight excluding hydrogens is 365 g/mol. The van der Waals surface area contributed by atoms with Gasteiger partial charge in [0, 0.05) is 23.0 Å². The summed E-state index contributed by atoms with van der Waals surface area (Å²) in [6.07, 6.45) is 1.56. The third kappa shape index (κ3) is 4.26. The van der Waals surface area contributed by atoms with E-state index >= 15 is 0 Å². The van der Waals surface area contributed by atoms with E-state index in [1.807, 2.05) is 12.1 Å². The van der Waals surface area contributed by atoms with Crippen molar-refractivity contribution in [3.05, 3.63) is 58.5 Å². The summed E-state index contributed by atoms with van der Waals surface area (Å²) in [4.78, 5) is 20.2. The highest BCUT2D eigenvalue weighted by molar-refractivity contribution is 6.30. The Bertz CT molecular complexity index is 896. The molecule has 0 atom stereocenters. The smallest absolute Gasteiger partial charge is 0.358 e. The fourth-order valence-electron chi connectivity index (χ4n) is 2.00. The molecule has 0 saturated carbocycles. The fraction of sp³-hybridized carbons (Fsp3) is 0.125. The molecule has 2 heterocycles. The predicted octanol–water partition coefficient (Wildman–Crippen LogP) is 3.89. The van der Waals surface area contributed by atoms with Crippen molar-refractivity contribution >= 4 is 40.7 Å². The van der Waals surface area contributed by atoms with Gasteiger partial charge in [-0.15, -0.1) is 0 Å². The molecular formula is C16H13Cl2N5O2. The Morgan fingerprint density at radius 3 is 2.68 bits per heavy atom. The van der Waals surface area contributed by atoms with Crippen LogP contribution in [0, 0.1) is 0 Å². The SMILES string of the molecule is CCOC(=O)c1ccn(-c2nc(Cl)cc(Nc3ccc(Cl)cc3)n2)n1. The van der Waals surface area contributed by atoms with Crippen LogP contribution < -0.4 is 5.32 Å². The van der Waals surface area contributed by atoms with Gasteiger partial charge in [0.05, 0.1) is 6.61 Å². The highest BCUT2D eigenvalue weighted by Gasteiger charge is 2.13. The average molecular weight is 378 g/mol. The molecule has 1 aromatic carbocycles. The van der Waals surface area contributed by atoms with Gasteiger partial charge in [0.2, 0.25) is 0 Å². The summed E-state index contributed by atoms with van der Waals surface area (Å²) in [6.45, 7) is 2.00. The minimum absolute atomic E-state index is 0.164. The Hall–Kier alpha value is -2.64. The molecule has 0 radical (unpaired) electrons. The molecule has 0 spiro atoms. The molecule has 0 aliphatic heterocycles. The monoisotopic (exact) mass is 377 g/mol. The number of halogens is 2. The first-order valence-corrected chi connectivity index (χ1v) is 8.11. The van der Waals surface area contributed by atoms with Crippen LogP contribution in [0.2, 0.25) is 10.2 Å². The molecule has 0 unspecified atom stereocenters. The standard InChI is InChI=1S/C16H13Cl2N5O2/c1-2-25-15(24)12-7-8-23(22-12)16-20-13(18)9-14(21-16)19-11-5-3-10(17)4-6-11/h3-9H,2H2,1H3,(H,19,20,21). The Morgan fingerprint density at radius 1 is 1.20 bits per heavy atom. The summed E-state index contributed by atoms with van der Waals surface area (Å²) in [5, 5.41) is 8.08. The van der Waals surface area contributed by atoms with Crippen LogP contribution in [0.15, 0.2) is 42.6 Å². The normalized spacial score (nSPS) is 10.5. The molecule has 0 bridgehead atoms. The van der Waals surface area contributed by atoms with Crippen LogP contribution in [0.1, 0.15) is 17.4 Å². The molecule has 0 amide bonds. The largest absolute Gasteiger partial charge is 0.461 e. The summed E-state index contributed by atoms with van der Waals surface area (Å²) in [6, 6.07) is 10.2. The van der Waals surface area contributed by atoms with Gasteiger partial charge in [-0.05, 0) is 37.3 Å². The molecule has 1 N–H and O–H groups in total. The summed E-state index contributed by atoms with van der Waals surface area (Å²) in [5.41, 5.74) is 0.954. The lowest BCUT2D eigenvalue weighted by atomic mass is 10.3. The molecule has 0 aliphatic rings. The van der Waals surface area contributed by atoms with E-state index in [-0.39, 0.29) is 23.4 Å². The van der Waals surface area contributed by atoms with Crippen molar-refractivity contribution in [1.29, 1.82) is 0 Å². The van der Waals surface area contributed by atoms with Gasteiger partial charge >= 0.3 is 5.97 Å². The van der Waals surface area contributed by atoms with Crippen molar-refractivity contribution in [1.82, 2.24) is 19.7 Å². The number of hydrogen-bond donors (Lipinski definition) is 1. The number of anilines is 2. The number of nitrogens with zero attached hydrogens (tertiary/aromatic N) is 4. The number of nitrogens with one attached hydrogen (secondary N) is 1. The first-order valence-electron chi connectivity index (χ1n) is 7.35. The second-order valence-corrected chi connectivity index (χ2v) is 5.70. The third-order valence-electron chi connectivity index (χ3n) is 3.08. The average Bonchev–Trinajstić information content (AvgIpc) is 3.07. The Balaban J connectivity index is 1.86. The van der Waals surface area contributed by atoms with Gasteiger partial charge in [0.25, 0.3) is 5.95 Å². The van der Waals surface area contributed by atoms with Crippen molar-refractivity contribution in [3.8, 4) is 5.95 Å². The molecule has 25 heavy (non-hydrogen) atoms. The topological polar surface area (TPSA) is 81.9 Å². The molecule has 7 nitrogen and oxygen atoms in total. The minimum atomic E-state index is -0.511. The van der Waals surface area contributed by atoms with Crippen LogP contribution >= 0.6 is 23.2 Å². The van der Waals surface area contributed by atoms with E-state index in [1.54, 1.807) is 31.3 Å². The molecule has 3 rings (SSSR count). The minimum Gasteiger partial charge on any atom is -0.461 e. The van der Waals surface area contributed by atoms with E-state index in [1.165, 1.54) is 10.7 Å². The highest BCUT2D eigenvalue weighted by atomic mass is 35.5. The summed E-state index contributed by atoms with van der Waals surface area (Å²) in [7, 11) is 0. The molecule has 0 saturated heterocycles. The van der Waals surface area contributed by atoms with Crippen molar-refractivity contribution in [2.75, 3.05) is 11.9 Å². The van der Waals surface area contributed by atoms with Crippen molar-refractivity contribution in [2.45, 2.75) is 6.92 Å². The maximum Gasteiger partial charge on any atom is 0.358 e.